The molecule has 2 rings (SSSR count). The first-order chi connectivity index (χ1) is 10.2. The molecule has 1 N–H and O–H groups in total. The molecule has 0 aliphatic heterocycles. The van der Waals surface area contributed by atoms with Gasteiger partial charge in [-0.1, -0.05) is 44.2 Å². The zero-order valence-electron chi connectivity index (χ0n) is 12.9. The van der Waals surface area contributed by atoms with Gasteiger partial charge in [0.2, 0.25) is 5.82 Å². The first-order valence-corrected chi connectivity index (χ1v) is 7.25. The van der Waals surface area contributed by atoms with Gasteiger partial charge in [-0.2, -0.15) is 4.80 Å². The highest BCUT2D eigenvalue weighted by atomic mass is 16.5. The molecule has 0 radical (unpaired) electrons. The lowest BCUT2D eigenvalue weighted by Crippen LogP contribution is -2.32. The minimum absolute atomic E-state index is 0.0405. The van der Waals surface area contributed by atoms with E-state index < -0.39 is 0 Å². The third kappa shape index (κ3) is 4.61. The number of nitrogens with zero attached hydrogens (tertiary/aromatic N) is 4. The number of aromatic nitrogens is 4. The maximum Gasteiger partial charge on any atom is 0.204 e. The van der Waals surface area contributed by atoms with Gasteiger partial charge in [-0.05, 0) is 17.7 Å². The minimum atomic E-state index is 0.0405. The third-order valence-electron chi connectivity index (χ3n) is 3.08. The molecule has 1 unspecified atom stereocenters. The molecule has 0 aliphatic carbocycles. The Morgan fingerprint density at radius 1 is 1.19 bits per heavy atom. The van der Waals surface area contributed by atoms with E-state index in [9.17, 15) is 0 Å². The van der Waals surface area contributed by atoms with E-state index in [1.165, 1.54) is 0 Å². The topological polar surface area (TPSA) is 64.9 Å². The van der Waals surface area contributed by atoms with Crippen LogP contribution in [0.1, 0.15) is 19.9 Å². The highest BCUT2D eigenvalue weighted by molar-refractivity contribution is 5.52. The second kappa shape index (κ2) is 7.85. The minimum Gasteiger partial charge on any atom is -0.382 e. The lowest BCUT2D eigenvalue weighted by Gasteiger charge is -2.16. The lowest BCUT2D eigenvalue weighted by molar-refractivity contribution is 0.139. The number of ether oxygens (including phenoxy) is 1. The fraction of sp³-hybridized carbons (Fsp3) is 0.533. The molecule has 21 heavy (non-hydrogen) atoms. The number of methoxy groups -OCH3 is 1. The van der Waals surface area contributed by atoms with Crippen LogP contribution < -0.4 is 5.32 Å². The Morgan fingerprint density at radius 2 is 1.95 bits per heavy atom. The maximum absolute atomic E-state index is 5.26. The van der Waals surface area contributed by atoms with Crippen LogP contribution in [0.25, 0.3) is 11.4 Å². The third-order valence-corrected chi connectivity index (χ3v) is 3.08. The van der Waals surface area contributed by atoms with E-state index in [4.69, 9.17) is 4.74 Å². The van der Waals surface area contributed by atoms with Gasteiger partial charge in [0.25, 0.3) is 0 Å². The Kier molecular flexibility index (Phi) is 5.83. The molecule has 1 atom stereocenters. The second-order valence-electron chi connectivity index (χ2n) is 5.46. The van der Waals surface area contributed by atoms with Gasteiger partial charge in [-0.25, -0.2) is 0 Å². The van der Waals surface area contributed by atoms with Crippen LogP contribution in [0.2, 0.25) is 0 Å². The summed E-state index contributed by atoms with van der Waals surface area (Å²) in [6.45, 7) is 6.63. The number of hydrogen-bond donors (Lipinski definition) is 1. The van der Waals surface area contributed by atoms with E-state index >= 15 is 0 Å². The lowest BCUT2D eigenvalue weighted by atomic mass is 10.2. The highest BCUT2D eigenvalue weighted by Crippen LogP contribution is 2.13. The fourth-order valence-electron chi connectivity index (χ4n) is 2.02. The van der Waals surface area contributed by atoms with Gasteiger partial charge >= 0.3 is 0 Å². The van der Waals surface area contributed by atoms with Crippen molar-refractivity contribution in [3.8, 4) is 11.4 Å². The Morgan fingerprint density at radius 3 is 2.62 bits per heavy atom. The first kappa shape index (κ1) is 15.6. The van der Waals surface area contributed by atoms with Gasteiger partial charge in [0.1, 0.15) is 6.04 Å². The highest BCUT2D eigenvalue weighted by Gasteiger charge is 2.15. The SMILES string of the molecule is COCC(CNCC(C)C)n1nnc(-c2ccccc2)n1. The van der Waals surface area contributed by atoms with Crippen LogP contribution in [0.4, 0.5) is 0 Å². The van der Waals surface area contributed by atoms with Crippen molar-refractivity contribution in [3.05, 3.63) is 30.3 Å². The van der Waals surface area contributed by atoms with Crippen LogP contribution in [-0.2, 0) is 4.74 Å². The second-order valence-corrected chi connectivity index (χ2v) is 5.46. The van der Waals surface area contributed by atoms with Gasteiger partial charge in [-0.3, -0.25) is 0 Å². The molecule has 6 heteroatoms. The van der Waals surface area contributed by atoms with Crippen LogP contribution in [-0.4, -0.2) is 47.0 Å². The zero-order valence-corrected chi connectivity index (χ0v) is 12.9. The van der Waals surface area contributed by atoms with Crippen molar-refractivity contribution >= 4 is 0 Å². The Labute approximate surface area is 125 Å². The molecule has 114 valence electrons. The van der Waals surface area contributed by atoms with Crippen LogP contribution >= 0.6 is 0 Å². The van der Waals surface area contributed by atoms with E-state index in [0.29, 0.717) is 18.3 Å². The Bertz CT molecular complexity index is 526. The van der Waals surface area contributed by atoms with E-state index in [2.05, 4.69) is 34.6 Å². The Hall–Kier alpha value is -1.79. The van der Waals surface area contributed by atoms with Crippen LogP contribution in [0, 0.1) is 5.92 Å². The zero-order chi connectivity index (χ0) is 15.1. The predicted molar refractivity (Wildman–Crippen MR) is 81.9 cm³/mol. The number of tetrazole rings is 1. The van der Waals surface area contributed by atoms with Gasteiger partial charge in [0.15, 0.2) is 0 Å². The quantitative estimate of drug-likeness (QED) is 0.802. The van der Waals surface area contributed by atoms with Gasteiger partial charge < -0.3 is 10.1 Å². The molecule has 0 saturated carbocycles. The summed E-state index contributed by atoms with van der Waals surface area (Å²) in [5.74, 6) is 1.25. The molecule has 0 spiro atoms. The van der Waals surface area contributed by atoms with Gasteiger partial charge in [-0.15, -0.1) is 10.2 Å². The standard InChI is InChI=1S/C15H23N5O/c1-12(2)9-16-10-14(11-21-3)20-18-15(17-19-20)13-7-5-4-6-8-13/h4-8,12,14,16H,9-11H2,1-3H3. The molecule has 1 aromatic heterocycles. The number of benzene rings is 1. The summed E-state index contributed by atoms with van der Waals surface area (Å²) in [6.07, 6.45) is 0. The summed E-state index contributed by atoms with van der Waals surface area (Å²) in [5.41, 5.74) is 0.968. The summed E-state index contributed by atoms with van der Waals surface area (Å²) in [4.78, 5) is 1.64. The van der Waals surface area contributed by atoms with Crippen molar-refractivity contribution in [1.29, 1.82) is 0 Å². The molecule has 6 nitrogen and oxygen atoms in total. The van der Waals surface area contributed by atoms with Crippen molar-refractivity contribution in [3.63, 3.8) is 0 Å². The van der Waals surface area contributed by atoms with Crippen molar-refractivity contribution < 1.29 is 4.74 Å². The van der Waals surface area contributed by atoms with E-state index in [1.54, 1.807) is 11.9 Å². The van der Waals surface area contributed by atoms with Crippen molar-refractivity contribution in [2.24, 2.45) is 5.92 Å². The molecule has 2 aromatic rings. The summed E-state index contributed by atoms with van der Waals surface area (Å²) < 4.78 is 5.26. The average molecular weight is 289 g/mol. The predicted octanol–water partition coefficient (Wildman–Crippen LogP) is 1.77. The largest absolute Gasteiger partial charge is 0.382 e. The molecule has 0 aliphatic rings. The summed E-state index contributed by atoms with van der Waals surface area (Å²) in [7, 11) is 1.69. The first-order valence-electron chi connectivity index (χ1n) is 7.25. The summed E-state index contributed by atoms with van der Waals surface area (Å²) >= 11 is 0. The maximum atomic E-state index is 5.26. The molecular weight excluding hydrogens is 266 g/mol. The smallest absolute Gasteiger partial charge is 0.204 e. The van der Waals surface area contributed by atoms with Crippen molar-refractivity contribution in [2.45, 2.75) is 19.9 Å². The van der Waals surface area contributed by atoms with E-state index in [-0.39, 0.29) is 6.04 Å². The number of rotatable bonds is 8. The molecule has 0 amide bonds. The summed E-state index contributed by atoms with van der Waals surface area (Å²) in [5, 5.41) is 16.2. The van der Waals surface area contributed by atoms with Crippen LogP contribution in [0.15, 0.2) is 30.3 Å². The number of hydrogen-bond acceptors (Lipinski definition) is 5. The molecule has 0 saturated heterocycles. The summed E-state index contributed by atoms with van der Waals surface area (Å²) in [6, 6.07) is 9.89. The molecule has 0 fully saturated rings. The fourth-order valence-corrected chi connectivity index (χ4v) is 2.02. The van der Waals surface area contributed by atoms with Crippen molar-refractivity contribution in [1.82, 2.24) is 25.5 Å². The van der Waals surface area contributed by atoms with Crippen LogP contribution in [0.5, 0.6) is 0 Å². The molecular formula is C15H23N5O. The molecule has 1 heterocycles. The van der Waals surface area contributed by atoms with E-state index in [1.807, 2.05) is 30.3 Å². The van der Waals surface area contributed by atoms with Gasteiger partial charge in [0, 0.05) is 19.2 Å². The molecule has 0 bridgehead atoms. The average Bonchev–Trinajstić information content (AvgIpc) is 2.97. The van der Waals surface area contributed by atoms with E-state index in [0.717, 1.165) is 18.7 Å². The normalized spacial score (nSPS) is 12.8. The number of nitrogens with one attached hydrogen (secondary N) is 1. The molecule has 1 aromatic carbocycles. The van der Waals surface area contributed by atoms with Gasteiger partial charge in [0.05, 0.1) is 6.61 Å². The monoisotopic (exact) mass is 289 g/mol. The van der Waals surface area contributed by atoms with Crippen molar-refractivity contribution in [2.75, 3.05) is 26.8 Å². The Balaban J connectivity index is 2.05. The van der Waals surface area contributed by atoms with Crippen LogP contribution in [0.3, 0.4) is 0 Å².